The second-order valence-electron chi connectivity index (χ2n) is 5.97. The molecule has 0 amide bonds. The van der Waals surface area contributed by atoms with Crippen LogP contribution in [0.4, 0.5) is 11.4 Å². The smallest absolute Gasteiger partial charge is 0.426 e. The largest absolute Gasteiger partial charge is 0.486 e. The van der Waals surface area contributed by atoms with E-state index in [1.54, 1.807) is 12.1 Å². The Balaban J connectivity index is 2.32. The van der Waals surface area contributed by atoms with E-state index in [4.69, 9.17) is 20.3 Å². The third-order valence-electron chi connectivity index (χ3n) is 3.98. The second-order valence-corrected chi connectivity index (χ2v) is 5.97. The zero-order valence-corrected chi connectivity index (χ0v) is 15.3. The average Bonchev–Trinajstić information content (AvgIpc) is 2.68. The number of ether oxygens (including phenoxy) is 2. The van der Waals surface area contributed by atoms with Gasteiger partial charge in [0.25, 0.3) is 0 Å². The van der Waals surface area contributed by atoms with Crippen LogP contribution in [0.1, 0.15) is 39.5 Å². The maximum absolute atomic E-state index is 9.15. The molecule has 0 aromatic heterocycles. The van der Waals surface area contributed by atoms with Crippen LogP contribution in [0.3, 0.4) is 0 Å². The van der Waals surface area contributed by atoms with Crippen LogP contribution in [0.5, 0.6) is 11.5 Å². The topological polar surface area (TPSA) is 74.8 Å². The Morgan fingerprint density at radius 3 is 1.50 bits per heavy atom. The Morgan fingerprint density at radius 1 is 0.731 bits per heavy atom. The van der Waals surface area contributed by atoms with Crippen molar-refractivity contribution in [2.75, 3.05) is 13.2 Å². The molecule has 2 rings (SSSR count). The monoisotopic (exact) mass is 352 g/mol. The molecule has 0 saturated heterocycles. The number of hydrogen-bond donors (Lipinski definition) is 0. The number of nitrogens with zero attached hydrogens (tertiary/aromatic N) is 4. The molecule has 0 radical (unpaired) electrons. The highest BCUT2D eigenvalue weighted by Crippen LogP contribution is 2.37. The molecule has 0 fully saturated rings. The summed E-state index contributed by atoms with van der Waals surface area (Å²) in [5.74, 6) is 1.06. The van der Waals surface area contributed by atoms with E-state index < -0.39 is 0 Å². The standard InChI is InChI=1S/C20H24N4O2/c1-3-5-11-25-19-13-15(7-9-17(19)23-21)16-8-10-18(24-22)20(14-16)26-12-6-4-2/h7-10,13-14H,3-6,11-12H2,1-2H3/q+2. The van der Waals surface area contributed by atoms with Gasteiger partial charge in [0, 0.05) is 12.1 Å². The molecular formula is C20H24N4O2+2. The van der Waals surface area contributed by atoms with E-state index >= 15 is 0 Å². The average molecular weight is 352 g/mol. The van der Waals surface area contributed by atoms with Crippen molar-refractivity contribution in [3.63, 3.8) is 0 Å². The van der Waals surface area contributed by atoms with Gasteiger partial charge in [-0.05, 0) is 48.2 Å². The second kappa shape index (κ2) is 10.0. The molecule has 6 nitrogen and oxygen atoms in total. The van der Waals surface area contributed by atoms with Gasteiger partial charge in [0.2, 0.25) is 22.3 Å². The summed E-state index contributed by atoms with van der Waals surface area (Å²) >= 11 is 0. The Hall–Kier alpha value is -3.12. The lowest BCUT2D eigenvalue weighted by Crippen LogP contribution is -1.97. The van der Waals surface area contributed by atoms with Crippen LogP contribution in [0.2, 0.25) is 0 Å². The fraction of sp³-hybridized carbons (Fsp3) is 0.400. The number of diazo groups is 2. The third-order valence-corrected chi connectivity index (χ3v) is 3.98. The Morgan fingerprint density at radius 2 is 1.15 bits per heavy atom. The van der Waals surface area contributed by atoms with E-state index in [0.29, 0.717) is 36.1 Å². The Labute approximate surface area is 154 Å². The fourth-order valence-corrected chi connectivity index (χ4v) is 2.44. The van der Waals surface area contributed by atoms with Crippen LogP contribution in [-0.2, 0) is 0 Å². The first-order valence-corrected chi connectivity index (χ1v) is 8.97. The minimum Gasteiger partial charge on any atom is -0.486 e. The van der Waals surface area contributed by atoms with Gasteiger partial charge in [-0.15, -0.1) is 0 Å². The van der Waals surface area contributed by atoms with Crippen molar-refractivity contribution in [1.29, 1.82) is 10.8 Å². The zero-order chi connectivity index (χ0) is 18.8. The zero-order valence-electron chi connectivity index (χ0n) is 15.3. The van der Waals surface area contributed by atoms with Crippen LogP contribution in [0.25, 0.3) is 21.1 Å². The van der Waals surface area contributed by atoms with Gasteiger partial charge >= 0.3 is 11.4 Å². The SMILES string of the molecule is CCCCOc1cc(-c2ccc([N+]#N)c(OCCCC)c2)ccc1[N+]#N. The van der Waals surface area contributed by atoms with Crippen LogP contribution in [0.15, 0.2) is 36.4 Å². The predicted molar refractivity (Wildman–Crippen MR) is 102 cm³/mol. The molecule has 0 N–H and O–H groups in total. The van der Waals surface area contributed by atoms with Crippen molar-refractivity contribution in [2.24, 2.45) is 0 Å². The summed E-state index contributed by atoms with van der Waals surface area (Å²) in [6.07, 6.45) is 3.90. The summed E-state index contributed by atoms with van der Waals surface area (Å²) in [4.78, 5) is 6.56. The fourth-order valence-electron chi connectivity index (χ4n) is 2.44. The number of rotatable bonds is 9. The highest BCUT2D eigenvalue weighted by molar-refractivity contribution is 5.75. The molecule has 0 atom stereocenters. The van der Waals surface area contributed by atoms with Gasteiger partial charge in [-0.3, -0.25) is 0 Å². The quantitative estimate of drug-likeness (QED) is 0.372. The van der Waals surface area contributed by atoms with Crippen molar-refractivity contribution in [2.45, 2.75) is 39.5 Å². The molecule has 0 bridgehead atoms. The van der Waals surface area contributed by atoms with Crippen LogP contribution < -0.4 is 9.47 Å². The molecule has 0 unspecified atom stereocenters. The summed E-state index contributed by atoms with van der Waals surface area (Å²) in [5.41, 5.74) is 2.58. The van der Waals surface area contributed by atoms with E-state index in [-0.39, 0.29) is 0 Å². The van der Waals surface area contributed by atoms with Gasteiger partial charge in [0.1, 0.15) is 0 Å². The molecule has 2 aromatic rings. The van der Waals surface area contributed by atoms with Gasteiger partial charge in [0.05, 0.1) is 13.2 Å². The Bertz CT molecular complexity index is 752. The first-order chi connectivity index (χ1) is 12.7. The molecule has 0 saturated carbocycles. The number of unbranched alkanes of at least 4 members (excludes halogenated alkanes) is 2. The van der Waals surface area contributed by atoms with Gasteiger partial charge < -0.3 is 9.47 Å². The van der Waals surface area contributed by atoms with Crippen LogP contribution >= 0.6 is 0 Å². The molecule has 134 valence electrons. The van der Waals surface area contributed by atoms with Crippen molar-refractivity contribution in [1.82, 2.24) is 0 Å². The van der Waals surface area contributed by atoms with E-state index in [0.717, 1.165) is 36.8 Å². The lowest BCUT2D eigenvalue weighted by atomic mass is 10.0. The lowest BCUT2D eigenvalue weighted by molar-refractivity contribution is 0.311. The predicted octanol–water partition coefficient (Wildman–Crippen LogP) is 6.68. The molecule has 2 aromatic carbocycles. The highest BCUT2D eigenvalue weighted by Gasteiger charge is 2.19. The first kappa shape index (κ1) is 19.2. The summed E-state index contributed by atoms with van der Waals surface area (Å²) < 4.78 is 11.5. The molecule has 0 spiro atoms. The maximum atomic E-state index is 9.15. The number of hydrogen-bond acceptors (Lipinski definition) is 4. The molecule has 26 heavy (non-hydrogen) atoms. The summed E-state index contributed by atoms with van der Waals surface area (Å²) in [6.45, 7) is 5.31. The van der Waals surface area contributed by atoms with Crippen LogP contribution in [0, 0.1) is 10.8 Å². The molecule has 0 heterocycles. The minimum atomic E-state index is 0.395. The normalized spacial score (nSPS) is 10.0. The molecule has 6 heteroatoms. The van der Waals surface area contributed by atoms with Crippen LogP contribution in [-0.4, -0.2) is 13.2 Å². The molecule has 0 aliphatic rings. The summed E-state index contributed by atoms with van der Waals surface area (Å²) in [6, 6.07) is 10.8. The van der Waals surface area contributed by atoms with E-state index in [1.165, 1.54) is 0 Å². The van der Waals surface area contributed by atoms with E-state index in [2.05, 4.69) is 23.8 Å². The van der Waals surface area contributed by atoms with Gasteiger partial charge in [-0.1, -0.05) is 26.7 Å². The number of benzene rings is 2. The third kappa shape index (κ3) is 4.94. The van der Waals surface area contributed by atoms with Gasteiger partial charge in [0.15, 0.2) is 9.95 Å². The molecular weight excluding hydrogens is 328 g/mol. The summed E-state index contributed by atoms with van der Waals surface area (Å²) in [5, 5.41) is 18.3. The lowest BCUT2D eigenvalue weighted by Gasteiger charge is -2.08. The molecule has 0 aliphatic heterocycles. The van der Waals surface area contributed by atoms with E-state index in [1.807, 2.05) is 24.3 Å². The van der Waals surface area contributed by atoms with Crippen molar-refractivity contribution >= 4 is 11.4 Å². The molecule has 0 aliphatic carbocycles. The van der Waals surface area contributed by atoms with Gasteiger partial charge in [-0.25, -0.2) is 0 Å². The van der Waals surface area contributed by atoms with E-state index in [9.17, 15) is 0 Å². The minimum absolute atomic E-state index is 0.395. The van der Waals surface area contributed by atoms with Gasteiger partial charge in [-0.2, -0.15) is 0 Å². The van der Waals surface area contributed by atoms with Crippen molar-refractivity contribution < 1.29 is 9.47 Å². The highest BCUT2D eigenvalue weighted by atomic mass is 16.5. The maximum Gasteiger partial charge on any atom is 0.426 e. The van der Waals surface area contributed by atoms with Crippen molar-refractivity contribution in [3.05, 3.63) is 46.4 Å². The first-order valence-electron chi connectivity index (χ1n) is 8.97. The Kier molecular flexibility index (Phi) is 7.39. The van der Waals surface area contributed by atoms with Crippen molar-refractivity contribution in [3.8, 4) is 22.6 Å². The summed E-state index contributed by atoms with van der Waals surface area (Å²) in [7, 11) is 0.